The third-order valence-corrected chi connectivity index (χ3v) is 4.62. The van der Waals surface area contributed by atoms with Crippen LogP contribution in [0.25, 0.3) is 0 Å². The van der Waals surface area contributed by atoms with Crippen molar-refractivity contribution in [2.45, 2.75) is 12.5 Å². The van der Waals surface area contributed by atoms with E-state index in [1.165, 1.54) is 24.3 Å². The molecule has 2 unspecified atom stereocenters. The van der Waals surface area contributed by atoms with Crippen LogP contribution < -0.4 is 4.52 Å². The number of hydrogen-bond acceptors (Lipinski definition) is 6. The molecule has 1 heterocycles. The minimum Gasteiger partial charge on any atom is -0.404 e. The summed E-state index contributed by atoms with van der Waals surface area (Å²) in [4.78, 5) is 9.98. The van der Waals surface area contributed by atoms with Crippen LogP contribution in [0.1, 0.15) is 6.42 Å². The van der Waals surface area contributed by atoms with Gasteiger partial charge >= 0.3 is 7.82 Å². The number of phosphoric ester groups is 1. The lowest BCUT2D eigenvalue weighted by Crippen LogP contribution is -2.23. The second-order valence-electron chi connectivity index (χ2n) is 3.79. The molecule has 1 aliphatic rings. The maximum absolute atomic E-state index is 12.2. The molecule has 1 aromatic carbocycles. The molecule has 9 heteroatoms. The Labute approximate surface area is 117 Å². The summed E-state index contributed by atoms with van der Waals surface area (Å²) in [5.41, 5.74) is -0.0746. The maximum Gasteiger partial charge on any atom is 0.530 e. The highest BCUT2D eigenvalue weighted by molar-refractivity contribution is 9.09. The predicted octanol–water partition coefficient (Wildman–Crippen LogP) is 3.28. The Kier molecular flexibility index (Phi) is 4.57. The highest BCUT2D eigenvalue weighted by atomic mass is 79.9. The number of nitro benzene ring substituents is 1. The van der Waals surface area contributed by atoms with Gasteiger partial charge in [-0.3, -0.25) is 19.2 Å². The molecule has 0 bridgehead atoms. The molecule has 0 N–H and O–H groups in total. The van der Waals surface area contributed by atoms with E-state index in [2.05, 4.69) is 15.9 Å². The Morgan fingerprint density at radius 2 is 2.16 bits per heavy atom. The third kappa shape index (κ3) is 3.76. The van der Waals surface area contributed by atoms with Crippen molar-refractivity contribution in [3.63, 3.8) is 0 Å². The number of nitrogens with zero attached hydrogens (tertiary/aromatic N) is 1. The van der Waals surface area contributed by atoms with Gasteiger partial charge in [-0.2, -0.15) is 0 Å². The summed E-state index contributed by atoms with van der Waals surface area (Å²) >= 11 is 3.24. The molecule has 1 aromatic rings. The number of non-ortho nitro benzene ring substituents is 1. The van der Waals surface area contributed by atoms with Crippen molar-refractivity contribution in [2.75, 3.05) is 11.9 Å². The molecular formula is C10H11BrNO6P. The number of alkyl halides is 1. The van der Waals surface area contributed by atoms with E-state index in [-0.39, 0.29) is 24.1 Å². The Morgan fingerprint density at radius 1 is 1.47 bits per heavy atom. The molecule has 0 amide bonds. The Morgan fingerprint density at radius 3 is 2.74 bits per heavy atom. The number of hydrogen-bond donors (Lipinski definition) is 0. The van der Waals surface area contributed by atoms with Crippen LogP contribution in [0, 0.1) is 10.1 Å². The van der Waals surface area contributed by atoms with E-state index in [9.17, 15) is 14.7 Å². The first-order chi connectivity index (χ1) is 9.02. The summed E-state index contributed by atoms with van der Waals surface area (Å²) in [7, 11) is -3.65. The first kappa shape index (κ1) is 14.5. The highest BCUT2D eigenvalue weighted by Gasteiger charge is 2.36. The van der Waals surface area contributed by atoms with E-state index in [1.807, 2.05) is 0 Å². The first-order valence-electron chi connectivity index (χ1n) is 5.45. The summed E-state index contributed by atoms with van der Waals surface area (Å²) < 4.78 is 27.6. The van der Waals surface area contributed by atoms with Gasteiger partial charge in [0, 0.05) is 17.5 Å². The number of phosphoric acid groups is 1. The van der Waals surface area contributed by atoms with Gasteiger partial charge in [0.15, 0.2) is 0 Å². The van der Waals surface area contributed by atoms with Gasteiger partial charge in [0.2, 0.25) is 0 Å². The summed E-state index contributed by atoms with van der Waals surface area (Å²) in [6.45, 7) is 0.278. The van der Waals surface area contributed by atoms with Gasteiger partial charge in [0.05, 0.1) is 17.6 Å². The van der Waals surface area contributed by atoms with Crippen molar-refractivity contribution in [3.05, 3.63) is 34.4 Å². The van der Waals surface area contributed by atoms with Gasteiger partial charge in [-0.1, -0.05) is 15.9 Å². The zero-order chi connectivity index (χ0) is 13.9. The topological polar surface area (TPSA) is 87.9 Å². The van der Waals surface area contributed by atoms with E-state index >= 15 is 0 Å². The zero-order valence-electron chi connectivity index (χ0n) is 9.73. The fourth-order valence-electron chi connectivity index (χ4n) is 1.47. The average Bonchev–Trinajstić information content (AvgIpc) is 2.38. The Bertz CT molecular complexity index is 507. The van der Waals surface area contributed by atoms with Crippen molar-refractivity contribution < 1.29 is 23.1 Å². The molecule has 0 radical (unpaired) electrons. The van der Waals surface area contributed by atoms with Crippen LogP contribution in [-0.4, -0.2) is 23.0 Å². The SMILES string of the molecule is O=[N+]([O-])c1ccc(OP2(=O)OCCC(CBr)O2)cc1. The minimum atomic E-state index is -3.65. The van der Waals surface area contributed by atoms with Gasteiger partial charge in [-0.15, -0.1) is 0 Å². The molecule has 0 aliphatic carbocycles. The molecule has 7 nitrogen and oxygen atoms in total. The lowest BCUT2D eigenvalue weighted by Gasteiger charge is -2.27. The molecule has 19 heavy (non-hydrogen) atoms. The second-order valence-corrected chi connectivity index (χ2v) is 5.99. The van der Waals surface area contributed by atoms with Crippen LogP contribution in [0.5, 0.6) is 5.75 Å². The summed E-state index contributed by atoms with van der Waals surface area (Å²) in [5.74, 6) is 0.198. The monoisotopic (exact) mass is 351 g/mol. The summed E-state index contributed by atoms with van der Waals surface area (Å²) in [5, 5.41) is 11.0. The van der Waals surface area contributed by atoms with E-state index in [1.54, 1.807) is 0 Å². The van der Waals surface area contributed by atoms with E-state index in [4.69, 9.17) is 13.6 Å². The van der Waals surface area contributed by atoms with Crippen molar-refractivity contribution in [1.82, 2.24) is 0 Å². The van der Waals surface area contributed by atoms with Crippen molar-refractivity contribution in [1.29, 1.82) is 0 Å². The van der Waals surface area contributed by atoms with Crippen LogP contribution in [0.2, 0.25) is 0 Å². The summed E-state index contributed by atoms with van der Waals surface area (Å²) in [6, 6.07) is 5.21. The number of rotatable bonds is 4. The van der Waals surface area contributed by atoms with Crippen LogP contribution in [0.4, 0.5) is 5.69 Å². The second kappa shape index (κ2) is 6.00. The lowest BCUT2D eigenvalue weighted by molar-refractivity contribution is -0.384. The molecule has 2 atom stereocenters. The molecule has 0 aromatic heterocycles. The maximum atomic E-state index is 12.2. The van der Waals surface area contributed by atoms with Gasteiger partial charge < -0.3 is 4.52 Å². The Hall–Kier alpha value is -0.950. The zero-order valence-corrected chi connectivity index (χ0v) is 12.2. The van der Waals surface area contributed by atoms with Crippen molar-refractivity contribution >= 4 is 29.4 Å². The number of benzene rings is 1. The quantitative estimate of drug-likeness (QED) is 0.358. The van der Waals surface area contributed by atoms with Gasteiger partial charge in [-0.25, -0.2) is 4.57 Å². The largest absolute Gasteiger partial charge is 0.530 e. The van der Waals surface area contributed by atoms with Gasteiger partial charge in [0.1, 0.15) is 5.75 Å². The smallest absolute Gasteiger partial charge is 0.404 e. The molecule has 1 saturated heterocycles. The molecule has 0 saturated carbocycles. The van der Waals surface area contributed by atoms with Crippen molar-refractivity contribution in [2.24, 2.45) is 0 Å². The minimum absolute atomic E-state index is 0.0746. The highest BCUT2D eigenvalue weighted by Crippen LogP contribution is 2.53. The molecule has 1 aliphatic heterocycles. The van der Waals surface area contributed by atoms with Crippen LogP contribution in [-0.2, 0) is 13.6 Å². The van der Waals surface area contributed by atoms with Crippen molar-refractivity contribution in [3.8, 4) is 5.75 Å². The standard InChI is InChI=1S/C10H11BrNO6P/c11-7-10-5-6-16-19(15,18-10)17-9-3-1-8(2-4-9)12(13)14/h1-4,10H,5-7H2. The summed E-state index contributed by atoms with van der Waals surface area (Å²) in [6.07, 6.45) is 0.386. The van der Waals surface area contributed by atoms with E-state index < -0.39 is 12.7 Å². The fourth-order valence-corrected chi connectivity index (χ4v) is 3.54. The Balaban J connectivity index is 2.07. The molecule has 1 fully saturated rings. The fraction of sp³-hybridized carbons (Fsp3) is 0.400. The predicted molar refractivity (Wildman–Crippen MR) is 70.6 cm³/mol. The van der Waals surface area contributed by atoms with E-state index in [0.717, 1.165) is 0 Å². The van der Waals surface area contributed by atoms with Gasteiger partial charge in [-0.05, 0) is 18.6 Å². The van der Waals surface area contributed by atoms with Crippen LogP contribution in [0.3, 0.4) is 0 Å². The molecule has 104 valence electrons. The molecule has 2 rings (SSSR count). The number of halogens is 1. The van der Waals surface area contributed by atoms with Crippen LogP contribution >= 0.6 is 23.8 Å². The lowest BCUT2D eigenvalue weighted by atomic mass is 10.3. The average molecular weight is 352 g/mol. The molecule has 0 spiro atoms. The molecular weight excluding hydrogens is 341 g/mol. The third-order valence-electron chi connectivity index (χ3n) is 2.40. The normalized spacial score (nSPS) is 26.9. The van der Waals surface area contributed by atoms with Gasteiger partial charge in [0.25, 0.3) is 5.69 Å². The van der Waals surface area contributed by atoms with Crippen LogP contribution in [0.15, 0.2) is 24.3 Å². The van der Waals surface area contributed by atoms with E-state index in [0.29, 0.717) is 11.8 Å². The first-order valence-corrected chi connectivity index (χ1v) is 8.03. The number of nitro groups is 1.